The van der Waals surface area contributed by atoms with E-state index in [9.17, 15) is 8.42 Å². The van der Waals surface area contributed by atoms with Gasteiger partial charge in [0.2, 0.25) is 0 Å². The molecule has 2 rings (SSSR count). The lowest BCUT2D eigenvalue weighted by Gasteiger charge is -2.16. The predicted molar refractivity (Wildman–Crippen MR) is 68.3 cm³/mol. The van der Waals surface area contributed by atoms with Crippen LogP contribution in [0.4, 0.5) is 0 Å². The van der Waals surface area contributed by atoms with Gasteiger partial charge in [-0.15, -0.1) is 0 Å². The molecule has 1 aromatic heterocycles. The fourth-order valence-corrected chi connectivity index (χ4v) is 3.80. The van der Waals surface area contributed by atoms with E-state index in [-0.39, 0.29) is 17.6 Å². The maximum Gasteiger partial charge on any atom is 0.258 e. The Kier molecular flexibility index (Phi) is 4.36. The van der Waals surface area contributed by atoms with Gasteiger partial charge < -0.3 is 5.73 Å². The number of H-pyrrole nitrogens is 1. The molecule has 1 fully saturated rings. The Morgan fingerprint density at radius 2 is 2.00 bits per heavy atom. The summed E-state index contributed by atoms with van der Waals surface area (Å²) in [5, 5.41) is 6.37. The highest BCUT2D eigenvalue weighted by atomic mass is 32.2. The molecule has 0 atom stereocenters. The molecule has 4 N–H and O–H groups in total. The number of nitrogens with one attached hydrogen (secondary N) is 2. The molecule has 0 aliphatic heterocycles. The summed E-state index contributed by atoms with van der Waals surface area (Å²) < 4.78 is 27.2. The number of nitrogens with two attached hydrogens (primary N) is 1. The molecule has 1 saturated carbocycles. The molecule has 0 spiro atoms. The van der Waals surface area contributed by atoms with E-state index < -0.39 is 10.0 Å². The fraction of sp³-hybridized carbons (Fsp3) is 0.727. The van der Waals surface area contributed by atoms with Crippen LogP contribution in [0.2, 0.25) is 0 Å². The summed E-state index contributed by atoms with van der Waals surface area (Å²) in [4.78, 5) is 0. The van der Waals surface area contributed by atoms with Gasteiger partial charge in [0.05, 0.1) is 6.20 Å². The average molecular weight is 272 g/mol. The quantitative estimate of drug-likeness (QED) is 0.708. The molecular formula is C11H20N4O2S. The largest absolute Gasteiger partial charge is 0.326 e. The Hall–Kier alpha value is -0.920. The Morgan fingerprint density at radius 3 is 2.61 bits per heavy atom. The number of nitrogens with zero attached hydrogens (tertiary/aromatic N) is 1. The highest BCUT2D eigenvalue weighted by Crippen LogP contribution is 2.20. The first-order valence-corrected chi connectivity index (χ1v) is 7.86. The van der Waals surface area contributed by atoms with E-state index in [1.54, 1.807) is 0 Å². The van der Waals surface area contributed by atoms with Crippen molar-refractivity contribution in [3.63, 3.8) is 0 Å². The maximum absolute atomic E-state index is 12.2. The summed E-state index contributed by atoms with van der Waals surface area (Å²) in [6.07, 6.45) is 7.82. The lowest BCUT2D eigenvalue weighted by Crippen LogP contribution is -2.35. The summed E-state index contributed by atoms with van der Waals surface area (Å²) in [7, 11) is -3.52. The Morgan fingerprint density at radius 1 is 1.33 bits per heavy atom. The number of aromatic amines is 1. The van der Waals surface area contributed by atoms with Crippen molar-refractivity contribution in [1.29, 1.82) is 0 Å². The van der Waals surface area contributed by atoms with Crippen LogP contribution in [0.5, 0.6) is 0 Å². The summed E-state index contributed by atoms with van der Waals surface area (Å²) >= 11 is 0. The van der Waals surface area contributed by atoms with Crippen LogP contribution in [-0.4, -0.2) is 24.7 Å². The zero-order valence-electron chi connectivity index (χ0n) is 10.4. The molecule has 0 saturated heterocycles. The van der Waals surface area contributed by atoms with E-state index in [1.807, 2.05) is 0 Å². The SMILES string of the molecule is NCc1cn[nH]c1S(=O)(=O)NC1CCCCCC1. The molecule has 1 aliphatic rings. The standard InChI is InChI=1S/C11H20N4O2S/c12-7-9-8-13-14-11(9)18(16,17)15-10-5-3-1-2-4-6-10/h8,10,15H,1-7,12H2,(H,13,14). The van der Waals surface area contributed by atoms with E-state index in [0.29, 0.717) is 5.56 Å². The molecule has 6 nitrogen and oxygen atoms in total. The van der Waals surface area contributed by atoms with Crippen molar-refractivity contribution in [2.24, 2.45) is 5.73 Å². The fourth-order valence-electron chi connectivity index (χ4n) is 2.35. The molecule has 0 amide bonds. The molecular weight excluding hydrogens is 252 g/mol. The first-order valence-electron chi connectivity index (χ1n) is 6.38. The second-order valence-electron chi connectivity index (χ2n) is 4.74. The van der Waals surface area contributed by atoms with Crippen molar-refractivity contribution in [2.75, 3.05) is 0 Å². The van der Waals surface area contributed by atoms with E-state index in [2.05, 4.69) is 14.9 Å². The maximum atomic E-state index is 12.2. The molecule has 7 heteroatoms. The first kappa shape index (κ1) is 13.5. The van der Waals surface area contributed by atoms with Gasteiger partial charge in [-0.25, -0.2) is 13.1 Å². The van der Waals surface area contributed by atoms with Gasteiger partial charge in [0.1, 0.15) is 0 Å². The topological polar surface area (TPSA) is 101 Å². The lowest BCUT2D eigenvalue weighted by atomic mass is 10.1. The second-order valence-corrected chi connectivity index (χ2v) is 6.39. The van der Waals surface area contributed by atoms with E-state index >= 15 is 0 Å². The average Bonchev–Trinajstić information content (AvgIpc) is 2.69. The van der Waals surface area contributed by atoms with Gasteiger partial charge in [-0.3, -0.25) is 5.10 Å². The van der Waals surface area contributed by atoms with E-state index in [1.165, 1.54) is 19.0 Å². The van der Waals surface area contributed by atoms with Crippen molar-refractivity contribution >= 4 is 10.0 Å². The third-order valence-electron chi connectivity index (χ3n) is 3.34. The Labute approximate surface area is 107 Å². The minimum Gasteiger partial charge on any atom is -0.326 e. The highest BCUT2D eigenvalue weighted by Gasteiger charge is 2.24. The van der Waals surface area contributed by atoms with Gasteiger partial charge in [-0.1, -0.05) is 25.7 Å². The summed E-state index contributed by atoms with van der Waals surface area (Å²) in [5.41, 5.74) is 6.02. The number of rotatable bonds is 4. The van der Waals surface area contributed by atoms with Crippen LogP contribution in [-0.2, 0) is 16.6 Å². The predicted octanol–water partition coefficient (Wildman–Crippen LogP) is 0.869. The third-order valence-corrected chi connectivity index (χ3v) is 4.88. The van der Waals surface area contributed by atoms with Crippen LogP contribution in [0.25, 0.3) is 0 Å². The van der Waals surface area contributed by atoms with Crippen molar-refractivity contribution in [2.45, 2.75) is 56.1 Å². The molecule has 0 aromatic carbocycles. The monoisotopic (exact) mass is 272 g/mol. The summed E-state index contributed by atoms with van der Waals surface area (Å²) in [6.45, 7) is 0.164. The summed E-state index contributed by atoms with van der Waals surface area (Å²) in [5.74, 6) is 0. The van der Waals surface area contributed by atoms with Crippen molar-refractivity contribution < 1.29 is 8.42 Å². The normalized spacial score (nSPS) is 18.7. The van der Waals surface area contributed by atoms with Gasteiger partial charge in [0.15, 0.2) is 5.03 Å². The molecule has 1 aliphatic carbocycles. The lowest BCUT2D eigenvalue weighted by molar-refractivity contribution is 0.507. The highest BCUT2D eigenvalue weighted by molar-refractivity contribution is 7.89. The summed E-state index contributed by atoms with van der Waals surface area (Å²) in [6, 6.07) is 0.0337. The van der Waals surface area contributed by atoms with E-state index in [0.717, 1.165) is 25.7 Å². The van der Waals surface area contributed by atoms with Crippen LogP contribution in [0.3, 0.4) is 0 Å². The van der Waals surface area contributed by atoms with Crippen LogP contribution < -0.4 is 10.5 Å². The van der Waals surface area contributed by atoms with Gasteiger partial charge in [-0.05, 0) is 12.8 Å². The van der Waals surface area contributed by atoms with Crippen molar-refractivity contribution in [1.82, 2.24) is 14.9 Å². The molecule has 0 radical (unpaired) electrons. The molecule has 0 unspecified atom stereocenters. The van der Waals surface area contributed by atoms with Gasteiger partial charge in [-0.2, -0.15) is 5.10 Å². The van der Waals surface area contributed by atoms with Gasteiger partial charge >= 0.3 is 0 Å². The van der Waals surface area contributed by atoms with Gasteiger partial charge in [0.25, 0.3) is 10.0 Å². The zero-order chi connectivity index (χ0) is 13.0. The van der Waals surface area contributed by atoms with Crippen molar-refractivity contribution in [3.05, 3.63) is 11.8 Å². The molecule has 1 heterocycles. The molecule has 18 heavy (non-hydrogen) atoms. The van der Waals surface area contributed by atoms with E-state index in [4.69, 9.17) is 5.73 Å². The number of aromatic nitrogens is 2. The second kappa shape index (κ2) is 5.81. The van der Waals surface area contributed by atoms with Crippen LogP contribution >= 0.6 is 0 Å². The van der Waals surface area contributed by atoms with Crippen molar-refractivity contribution in [3.8, 4) is 0 Å². The molecule has 102 valence electrons. The molecule has 0 bridgehead atoms. The Balaban J connectivity index is 2.11. The number of hydrogen-bond acceptors (Lipinski definition) is 4. The first-order chi connectivity index (χ1) is 8.63. The van der Waals surface area contributed by atoms with Crippen LogP contribution in [0, 0.1) is 0 Å². The molecule has 1 aromatic rings. The van der Waals surface area contributed by atoms with Gasteiger partial charge in [0, 0.05) is 18.2 Å². The van der Waals surface area contributed by atoms with Crippen LogP contribution in [0.15, 0.2) is 11.2 Å². The third kappa shape index (κ3) is 3.09. The smallest absolute Gasteiger partial charge is 0.258 e. The Bertz CT molecular complexity index is 475. The van der Waals surface area contributed by atoms with Crippen LogP contribution in [0.1, 0.15) is 44.1 Å². The minimum absolute atomic E-state index is 0.0337. The zero-order valence-corrected chi connectivity index (χ0v) is 11.2. The number of hydrogen-bond donors (Lipinski definition) is 3. The number of sulfonamides is 1. The minimum atomic E-state index is -3.52.